The van der Waals surface area contributed by atoms with E-state index < -0.39 is 17.9 Å². The molecule has 0 spiro atoms. The Bertz CT molecular complexity index is 399. The van der Waals surface area contributed by atoms with Crippen molar-refractivity contribution in [3.8, 4) is 0 Å². The second kappa shape index (κ2) is 5.41. The molecule has 1 atom stereocenters. The SMILES string of the molecule is CC(=O)NC(CC(=O)c1cccs1)C(=O)O. The first-order valence-corrected chi connectivity index (χ1v) is 5.45. The summed E-state index contributed by atoms with van der Waals surface area (Å²) in [7, 11) is 0. The summed E-state index contributed by atoms with van der Waals surface area (Å²) >= 11 is 1.25. The van der Waals surface area contributed by atoms with Gasteiger partial charge in [0.1, 0.15) is 6.04 Å². The van der Waals surface area contributed by atoms with Crippen LogP contribution in [0.5, 0.6) is 0 Å². The van der Waals surface area contributed by atoms with E-state index in [9.17, 15) is 14.4 Å². The van der Waals surface area contributed by atoms with Gasteiger partial charge in [-0.1, -0.05) is 6.07 Å². The zero-order valence-electron chi connectivity index (χ0n) is 8.60. The zero-order valence-corrected chi connectivity index (χ0v) is 9.41. The molecule has 1 amide bonds. The molecule has 0 saturated heterocycles. The highest BCUT2D eigenvalue weighted by Crippen LogP contribution is 2.12. The number of nitrogens with one attached hydrogen (secondary N) is 1. The van der Waals surface area contributed by atoms with E-state index in [4.69, 9.17) is 5.11 Å². The average Bonchev–Trinajstić information content (AvgIpc) is 2.68. The maximum atomic E-state index is 11.6. The minimum Gasteiger partial charge on any atom is -0.480 e. The molecule has 1 heterocycles. The highest BCUT2D eigenvalue weighted by Gasteiger charge is 2.22. The van der Waals surface area contributed by atoms with Gasteiger partial charge in [0.2, 0.25) is 5.91 Å². The molecule has 0 aliphatic heterocycles. The standard InChI is InChI=1S/C10H11NO4S/c1-6(12)11-7(10(14)15)5-8(13)9-3-2-4-16-9/h2-4,7H,5H2,1H3,(H,11,12)(H,14,15). The Morgan fingerprint density at radius 2 is 2.19 bits per heavy atom. The summed E-state index contributed by atoms with van der Waals surface area (Å²) in [6, 6.07) is 2.18. The number of aliphatic carboxylic acids is 1. The molecule has 1 aromatic rings. The number of carbonyl (C=O) groups excluding carboxylic acids is 2. The van der Waals surface area contributed by atoms with Gasteiger partial charge >= 0.3 is 5.97 Å². The van der Waals surface area contributed by atoms with Gasteiger partial charge in [-0.15, -0.1) is 11.3 Å². The number of carboxylic acid groups (broad SMARTS) is 1. The molecule has 0 aromatic carbocycles. The smallest absolute Gasteiger partial charge is 0.326 e. The third kappa shape index (κ3) is 3.47. The third-order valence-corrected chi connectivity index (χ3v) is 2.77. The van der Waals surface area contributed by atoms with E-state index >= 15 is 0 Å². The lowest BCUT2D eigenvalue weighted by atomic mass is 10.1. The molecule has 0 aliphatic rings. The second-order valence-corrected chi connectivity index (χ2v) is 4.14. The fourth-order valence-corrected chi connectivity index (χ4v) is 1.84. The van der Waals surface area contributed by atoms with Gasteiger partial charge in [0.15, 0.2) is 5.78 Å². The van der Waals surface area contributed by atoms with Crippen molar-refractivity contribution < 1.29 is 19.5 Å². The number of rotatable bonds is 5. The molecular formula is C10H11NO4S. The molecule has 1 unspecified atom stereocenters. The van der Waals surface area contributed by atoms with E-state index in [1.54, 1.807) is 17.5 Å². The highest BCUT2D eigenvalue weighted by molar-refractivity contribution is 7.12. The Balaban J connectivity index is 2.65. The highest BCUT2D eigenvalue weighted by atomic mass is 32.1. The quantitative estimate of drug-likeness (QED) is 0.750. The monoisotopic (exact) mass is 241 g/mol. The van der Waals surface area contributed by atoms with Crippen molar-refractivity contribution in [3.05, 3.63) is 22.4 Å². The van der Waals surface area contributed by atoms with Crippen molar-refractivity contribution in [2.45, 2.75) is 19.4 Å². The van der Waals surface area contributed by atoms with E-state index in [0.29, 0.717) is 4.88 Å². The zero-order chi connectivity index (χ0) is 12.1. The predicted octanol–water partition coefficient (Wildman–Crippen LogP) is 0.910. The Morgan fingerprint density at radius 3 is 2.62 bits per heavy atom. The first-order chi connectivity index (χ1) is 7.50. The van der Waals surface area contributed by atoms with Crippen LogP contribution in [0.3, 0.4) is 0 Å². The van der Waals surface area contributed by atoms with Crippen molar-refractivity contribution in [3.63, 3.8) is 0 Å². The van der Waals surface area contributed by atoms with Crippen LogP contribution < -0.4 is 5.32 Å². The maximum Gasteiger partial charge on any atom is 0.326 e. The van der Waals surface area contributed by atoms with Crippen molar-refractivity contribution in [2.24, 2.45) is 0 Å². The normalized spacial score (nSPS) is 11.8. The van der Waals surface area contributed by atoms with Gasteiger partial charge in [-0.05, 0) is 11.4 Å². The molecular weight excluding hydrogens is 230 g/mol. The Kier molecular flexibility index (Phi) is 4.19. The summed E-state index contributed by atoms with van der Waals surface area (Å²) in [5.41, 5.74) is 0. The van der Waals surface area contributed by atoms with E-state index in [0.717, 1.165) is 0 Å². The molecule has 86 valence electrons. The molecule has 6 heteroatoms. The van der Waals surface area contributed by atoms with Crippen LogP contribution in [0.1, 0.15) is 23.0 Å². The van der Waals surface area contributed by atoms with E-state index in [1.165, 1.54) is 18.3 Å². The molecule has 16 heavy (non-hydrogen) atoms. The molecule has 1 aromatic heterocycles. The summed E-state index contributed by atoms with van der Waals surface area (Å²) in [4.78, 5) is 33.6. The molecule has 0 saturated carbocycles. The van der Waals surface area contributed by atoms with Gasteiger partial charge in [0, 0.05) is 13.3 Å². The third-order valence-electron chi connectivity index (χ3n) is 1.86. The molecule has 0 radical (unpaired) electrons. The fraction of sp³-hybridized carbons (Fsp3) is 0.300. The van der Waals surface area contributed by atoms with Crippen molar-refractivity contribution in [2.75, 3.05) is 0 Å². The van der Waals surface area contributed by atoms with E-state index in [1.807, 2.05) is 0 Å². The van der Waals surface area contributed by atoms with Gasteiger partial charge in [-0.2, -0.15) is 0 Å². The largest absolute Gasteiger partial charge is 0.480 e. The van der Waals surface area contributed by atoms with Gasteiger partial charge in [0.25, 0.3) is 0 Å². The molecule has 5 nitrogen and oxygen atoms in total. The van der Waals surface area contributed by atoms with Crippen molar-refractivity contribution in [1.82, 2.24) is 5.32 Å². The van der Waals surface area contributed by atoms with Crippen LogP contribution in [-0.4, -0.2) is 28.8 Å². The minimum absolute atomic E-state index is 0.227. The number of thiophene rings is 1. The van der Waals surface area contributed by atoms with Crippen LogP contribution in [0.15, 0.2) is 17.5 Å². The molecule has 2 N–H and O–H groups in total. The Labute approximate surface area is 96.1 Å². The van der Waals surface area contributed by atoms with E-state index in [2.05, 4.69) is 5.32 Å². The van der Waals surface area contributed by atoms with Crippen LogP contribution in [0.2, 0.25) is 0 Å². The molecule has 0 fully saturated rings. The van der Waals surface area contributed by atoms with Crippen molar-refractivity contribution in [1.29, 1.82) is 0 Å². The summed E-state index contributed by atoms with van der Waals surface area (Å²) in [6.45, 7) is 1.21. The maximum absolute atomic E-state index is 11.6. The minimum atomic E-state index is -1.21. The average molecular weight is 241 g/mol. The first-order valence-electron chi connectivity index (χ1n) is 4.57. The van der Waals surface area contributed by atoms with Gasteiger partial charge < -0.3 is 10.4 Å². The predicted molar refractivity (Wildman–Crippen MR) is 58.5 cm³/mol. The van der Waals surface area contributed by atoms with Crippen LogP contribution >= 0.6 is 11.3 Å². The summed E-state index contributed by atoms with van der Waals surface area (Å²) in [5, 5.41) is 12.8. The van der Waals surface area contributed by atoms with Crippen LogP contribution in [0.25, 0.3) is 0 Å². The Morgan fingerprint density at radius 1 is 1.50 bits per heavy atom. The Hall–Kier alpha value is -1.69. The van der Waals surface area contributed by atoms with Gasteiger partial charge in [-0.3, -0.25) is 9.59 Å². The number of hydrogen-bond donors (Lipinski definition) is 2. The van der Waals surface area contributed by atoms with Crippen LogP contribution in [0.4, 0.5) is 0 Å². The number of amides is 1. The molecule has 0 bridgehead atoms. The number of carboxylic acids is 1. The lowest BCUT2D eigenvalue weighted by Crippen LogP contribution is -2.41. The first kappa shape index (κ1) is 12.4. The van der Waals surface area contributed by atoms with Gasteiger partial charge in [0.05, 0.1) is 4.88 Å². The second-order valence-electron chi connectivity index (χ2n) is 3.20. The fourth-order valence-electron chi connectivity index (χ4n) is 1.17. The van der Waals surface area contributed by atoms with Crippen molar-refractivity contribution >= 4 is 29.0 Å². The molecule has 0 aliphatic carbocycles. The topological polar surface area (TPSA) is 83.5 Å². The summed E-state index contributed by atoms with van der Waals surface area (Å²) in [5.74, 6) is -1.96. The van der Waals surface area contributed by atoms with E-state index in [-0.39, 0.29) is 12.2 Å². The van der Waals surface area contributed by atoms with Crippen LogP contribution in [-0.2, 0) is 9.59 Å². The summed E-state index contributed by atoms with van der Waals surface area (Å²) < 4.78 is 0. The van der Waals surface area contributed by atoms with Crippen LogP contribution in [0, 0.1) is 0 Å². The lowest BCUT2D eigenvalue weighted by Gasteiger charge is -2.11. The number of carbonyl (C=O) groups is 3. The lowest BCUT2D eigenvalue weighted by molar-refractivity contribution is -0.141. The van der Waals surface area contributed by atoms with Gasteiger partial charge in [-0.25, -0.2) is 4.79 Å². The number of ketones is 1. The summed E-state index contributed by atoms with van der Waals surface area (Å²) in [6.07, 6.45) is -0.227. The number of Topliss-reactive ketones (excluding diaryl/α,β-unsaturated/α-hetero) is 1. The number of hydrogen-bond acceptors (Lipinski definition) is 4. The molecule has 1 rings (SSSR count).